The van der Waals surface area contributed by atoms with Gasteiger partial charge in [-0.3, -0.25) is 4.79 Å². The van der Waals surface area contributed by atoms with Crippen LogP contribution in [0.5, 0.6) is 0 Å². The minimum atomic E-state index is -5.96. The Kier molecular flexibility index (Phi) is 8.90. The van der Waals surface area contributed by atoms with Crippen molar-refractivity contribution in [3.63, 3.8) is 0 Å². The van der Waals surface area contributed by atoms with Crippen LogP contribution in [0.4, 0.5) is 22.0 Å². The van der Waals surface area contributed by atoms with Crippen molar-refractivity contribution in [1.82, 2.24) is 20.1 Å². The van der Waals surface area contributed by atoms with E-state index in [2.05, 4.69) is 15.4 Å². The minimum Gasteiger partial charge on any atom is -0.351 e. The molecule has 0 radical (unpaired) electrons. The minimum absolute atomic E-state index is 0. The fourth-order valence-electron chi connectivity index (χ4n) is 1.93. The normalized spacial score (nSPS) is 11.4. The van der Waals surface area contributed by atoms with Crippen LogP contribution in [0.3, 0.4) is 0 Å². The van der Waals surface area contributed by atoms with E-state index in [0.717, 1.165) is 6.20 Å². The zero-order chi connectivity index (χ0) is 18.8. The molecule has 0 aliphatic heterocycles. The van der Waals surface area contributed by atoms with Crippen molar-refractivity contribution < 1.29 is 26.7 Å². The maximum absolute atomic E-state index is 14.1. The molecule has 0 saturated heterocycles. The molecule has 0 bridgehead atoms. The predicted molar refractivity (Wildman–Crippen MR) is 92.2 cm³/mol. The lowest BCUT2D eigenvalue weighted by Crippen LogP contribution is -2.39. The highest BCUT2D eigenvalue weighted by Gasteiger charge is 2.62. The van der Waals surface area contributed by atoms with Crippen molar-refractivity contribution in [2.75, 3.05) is 13.1 Å². The average molecular weight is 457 g/mol. The lowest BCUT2D eigenvalue weighted by Gasteiger charge is -2.22. The van der Waals surface area contributed by atoms with Crippen LogP contribution < -0.4 is 11.1 Å². The summed E-state index contributed by atoms with van der Waals surface area (Å²) < 4.78 is 67.0. The number of nitrogens with one attached hydrogen (secondary N) is 1. The molecule has 0 aliphatic rings. The summed E-state index contributed by atoms with van der Waals surface area (Å²) in [6.45, 7) is -0.150. The van der Waals surface area contributed by atoms with Crippen LogP contribution in [-0.2, 0) is 5.92 Å². The molecular formula is C13H13Cl3F5N5O. The molecule has 0 fully saturated rings. The third-order valence-electron chi connectivity index (χ3n) is 3.04. The molecule has 6 nitrogen and oxygen atoms in total. The fraction of sp³-hybridized carbons (Fsp3) is 0.308. The summed E-state index contributed by atoms with van der Waals surface area (Å²) in [5.41, 5.74) is 2.53. The summed E-state index contributed by atoms with van der Waals surface area (Å²) in [5.74, 6) is -7.02. The van der Waals surface area contributed by atoms with E-state index in [1.165, 1.54) is 12.1 Å². The van der Waals surface area contributed by atoms with Crippen LogP contribution in [0, 0.1) is 0 Å². The molecule has 1 amide bonds. The van der Waals surface area contributed by atoms with E-state index >= 15 is 0 Å². The number of pyridine rings is 1. The Bertz CT molecular complexity index is 784. The maximum Gasteiger partial charge on any atom is 0.459 e. The first-order chi connectivity index (χ1) is 11.6. The first-order valence-corrected chi connectivity index (χ1v) is 7.11. The van der Waals surface area contributed by atoms with E-state index in [9.17, 15) is 26.7 Å². The van der Waals surface area contributed by atoms with Crippen LogP contribution in [0.1, 0.15) is 16.1 Å². The lowest BCUT2D eigenvalue weighted by molar-refractivity contribution is -0.291. The van der Waals surface area contributed by atoms with Gasteiger partial charge in [0.25, 0.3) is 5.91 Å². The molecule has 0 unspecified atom stereocenters. The maximum atomic E-state index is 14.1. The van der Waals surface area contributed by atoms with E-state index in [4.69, 9.17) is 17.3 Å². The van der Waals surface area contributed by atoms with E-state index < -0.39 is 35.1 Å². The number of nitrogens with zero attached hydrogens (tertiary/aromatic N) is 3. The topological polar surface area (TPSA) is 85.8 Å². The van der Waals surface area contributed by atoms with Crippen LogP contribution in [0.15, 0.2) is 24.5 Å². The van der Waals surface area contributed by atoms with Gasteiger partial charge in [-0.1, -0.05) is 11.6 Å². The van der Waals surface area contributed by atoms with E-state index in [1.807, 2.05) is 0 Å². The SMILES string of the molecule is Cl.Cl.NCCNC(=O)c1cnn(-c2ncccc2Cl)c1C(F)(F)C(F)(F)F. The number of carbonyl (C=O) groups excluding carboxylic acids is 1. The first kappa shape index (κ1) is 25.3. The molecule has 3 N–H and O–H groups in total. The van der Waals surface area contributed by atoms with Gasteiger partial charge in [0.2, 0.25) is 0 Å². The molecule has 0 spiro atoms. The zero-order valence-corrected chi connectivity index (χ0v) is 15.5. The summed E-state index contributed by atoms with van der Waals surface area (Å²) >= 11 is 5.80. The Balaban J connectivity index is 0.00000338. The van der Waals surface area contributed by atoms with Gasteiger partial charge in [0.05, 0.1) is 16.8 Å². The molecular weight excluding hydrogens is 444 g/mol. The molecule has 27 heavy (non-hydrogen) atoms. The molecule has 0 saturated carbocycles. The van der Waals surface area contributed by atoms with Gasteiger partial charge < -0.3 is 11.1 Å². The van der Waals surface area contributed by atoms with Crippen molar-refractivity contribution in [2.24, 2.45) is 5.73 Å². The predicted octanol–water partition coefficient (Wildman–Crippen LogP) is 3.11. The van der Waals surface area contributed by atoms with Crippen molar-refractivity contribution >= 4 is 42.3 Å². The highest BCUT2D eigenvalue weighted by atomic mass is 35.5. The summed E-state index contributed by atoms with van der Waals surface area (Å²) in [5, 5.41) is 5.35. The fourth-order valence-corrected chi connectivity index (χ4v) is 2.13. The van der Waals surface area contributed by atoms with E-state index in [1.54, 1.807) is 0 Å². The van der Waals surface area contributed by atoms with Crippen LogP contribution in [0.25, 0.3) is 5.82 Å². The van der Waals surface area contributed by atoms with Gasteiger partial charge in [-0.15, -0.1) is 24.8 Å². The van der Waals surface area contributed by atoms with Gasteiger partial charge in [-0.05, 0) is 12.1 Å². The van der Waals surface area contributed by atoms with Crippen LogP contribution >= 0.6 is 36.4 Å². The van der Waals surface area contributed by atoms with E-state index in [0.29, 0.717) is 6.20 Å². The van der Waals surface area contributed by atoms with Crippen LogP contribution in [0.2, 0.25) is 5.02 Å². The number of hydrogen-bond acceptors (Lipinski definition) is 4. The molecule has 0 atom stereocenters. The quantitative estimate of drug-likeness (QED) is 0.677. The summed E-state index contributed by atoms with van der Waals surface area (Å²) in [6.07, 6.45) is -4.24. The summed E-state index contributed by atoms with van der Waals surface area (Å²) in [7, 11) is 0. The second-order valence-corrected chi connectivity index (χ2v) is 5.15. The van der Waals surface area contributed by atoms with Gasteiger partial charge in [0, 0.05) is 19.3 Å². The van der Waals surface area contributed by atoms with E-state index in [-0.39, 0.29) is 47.6 Å². The highest BCUT2D eigenvalue weighted by molar-refractivity contribution is 6.32. The Morgan fingerprint density at radius 2 is 1.89 bits per heavy atom. The van der Waals surface area contributed by atoms with Gasteiger partial charge in [-0.25, -0.2) is 9.67 Å². The molecule has 0 aliphatic carbocycles. The highest BCUT2D eigenvalue weighted by Crippen LogP contribution is 2.45. The molecule has 2 heterocycles. The Labute approximate surface area is 167 Å². The molecule has 14 heteroatoms. The molecule has 2 rings (SSSR count). The number of alkyl halides is 5. The second-order valence-electron chi connectivity index (χ2n) is 4.74. The molecule has 0 aromatic carbocycles. The standard InChI is InChI=1S/C13H11ClF5N5O.2ClH/c14-8-2-1-4-21-10(8)24-9(12(15,16)13(17,18)19)7(6-23-24)11(25)22-5-3-20;;/h1-2,4,6H,3,5,20H2,(H,22,25);2*1H. The Morgan fingerprint density at radius 3 is 2.41 bits per heavy atom. The number of carbonyl (C=O) groups is 1. The Hall–Kier alpha value is -1.69. The Morgan fingerprint density at radius 1 is 1.26 bits per heavy atom. The zero-order valence-electron chi connectivity index (χ0n) is 13.1. The second kappa shape index (κ2) is 9.49. The number of hydrogen-bond donors (Lipinski definition) is 2. The largest absolute Gasteiger partial charge is 0.459 e. The number of amides is 1. The number of aromatic nitrogens is 3. The van der Waals surface area contributed by atoms with Gasteiger partial charge in [0.1, 0.15) is 5.69 Å². The summed E-state index contributed by atoms with van der Waals surface area (Å²) in [6, 6.07) is 2.58. The third-order valence-corrected chi connectivity index (χ3v) is 3.33. The lowest BCUT2D eigenvalue weighted by atomic mass is 10.1. The van der Waals surface area contributed by atoms with Crippen molar-refractivity contribution in [1.29, 1.82) is 0 Å². The molecule has 152 valence electrons. The monoisotopic (exact) mass is 455 g/mol. The first-order valence-electron chi connectivity index (χ1n) is 6.73. The molecule has 2 aromatic rings. The van der Waals surface area contributed by atoms with Crippen molar-refractivity contribution in [3.8, 4) is 5.82 Å². The van der Waals surface area contributed by atoms with Gasteiger partial charge in [0.15, 0.2) is 5.82 Å². The molecule has 2 aromatic heterocycles. The van der Waals surface area contributed by atoms with Crippen molar-refractivity contribution in [3.05, 3.63) is 40.8 Å². The van der Waals surface area contributed by atoms with Crippen LogP contribution in [-0.4, -0.2) is 39.9 Å². The van der Waals surface area contributed by atoms with Gasteiger partial charge >= 0.3 is 12.1 Å². The van der Waals surface area contributed by atoms with Crippen molar-refractivity contribution in [2.45, 2.75) is 12.1 Å². The number of halogens is 8. The average Bonchev–Trinajstić information content (AvgIpc) is 2.97. The summed E-state index contributed by atoms with van der Waals surface area (Å²) in [4.78, 5) is 15.6. The third kappa shape index (κ3) is 4.98. The number of rotatable bonds is 5. The number of nitrogens with two attached hydrogens (primary N) is 1. The van der Waals surface area contributed by atoms with Gasteiger partial charge in [-0.2, -0.15) is 27.1 Å². The smallest absolute Gasteiger partial charge is 0.351 e.